The van der Waals surface area contributed by atoms with Crippen molar-refractivity contribution in [2.45, 2.75) is 31.9 Å². The van der Waals surface area contributed by atoms with Gasteiger partial charge in [0.1, 0.15) is 0 Å². The molecular weight excluding hydrogens is 224 g/mol. The van der Waals surface area contributed by atoms with E-state index < -0.39 is 11.6 Å². The maximum absolute atomic E-state index is 13.6. The van der Waals surface area contributed by atoms with E-state index in [-0.39, 0.29) is 12.1 Å². The molecule has 2 unspecified atom stereocenters. The van der Waals surface area contributed by atoms with Crippen molar-refractivity contribution >= 4 is 0 Å². The largest absolute Gasteiger partial charge is 0.382 e. The van der Waals surface area contributed by atoms with Crippen LogP contribution in [0.15, 0.2) is 18.2 Å². The van der Waals surface area contributed by atoms with E-state index in [2.05, 4.69) is 5.32 Å². The van der Waals surface area contributed by atoms with Gasteiger partial charge in [0.2, 0.25) is 0 Å². The van der Waals surface area contributed by atoms with Crippen LogP contribution in [0.2, 0.25) is 0 Å². The predicted molar refractivity (Wildman–Crippen MR) is 63.9 cm³/mol. The minimum Gasteiger partial charge on any atom is -0.382 e. The van der Waals surface area contributed by atoms with E-state index in [4.69, 9.17) is 4.74 Å². The zero-order valence-electron chi connectivity index (χ0n) is 10.5. The normalized spacial score (nSPS) is 14.6. The van der Waals surface area contributed by atoms with Gasteiger partial charge in [0, 0.05) is 18.7 Å². The first-order valence-electron chi connectivity index (χ1n) is 5.74. The van der Waals surface area contributed by atoms with Crippen LogP contribution in [0.1, 0.15) is 31.4 Å². The van der Waals surface area contributed by atoms with Crippen molar-refractivity contribution in [1.82, 2.24) is 5.32 Å². The zero-order valence-corrected chi connectivity index (χ0v) is 10.5. The van der Waals surface area contributed by atoms with Crippen molar-refractivity contribution in [1.29, 1.82) is 0 Å². The molecule has 1 aromatic carbocycles. The Morgan fingerprint density at radius 2 is 2.00 bits per heavy atom. The molecule has 0 bridgehead atoms. The van der Waals surface area contributed by atoms with Gasteiger partial charge >= 0.3 is 0 Å². The van der Waals surface area contributed by atoms with Crippen LogP contribution in [0.5, 0.6) is 0 Å². The Hall–Kier alpha value is -1.00. The predicted octanol–water partition coefficient (Wildman–Crippen LogP) is 3.04. The third-order valence-electron chi connectivity index (χ3n) is 2.97. The molecule has 1 rings (SSSR count). The number of benzene rings is 1. The Morgan fingerprint density at radius 1 is 1.29 bits per heavy atom. The highest BCUT2D eigenvalue weighted by Crippen LogP contribution is 2.23. The maximum Gasteiger partial charge on any atom is 0.163 e. The van der Waals surface area contributed by atoms with E-state index in [0.717, 1.165) is 12.5 Å². The molecule has 17 heavy (non-hydrogen) atoms. The van der Waals surface area contributed by atoms with Crippen molar-refractivity contribution in [3.05, 3.63) is 35.4 Å². The minimum atomic E-state index is -0.803. The van der Waals surface area contributed by atoms with Gasteiger partial charge in [0.15, 0.2) is 11.6 Å². The molecular formula is C13H19F2NO. The second-order valence-electron chi connectivity index (χ2n) is 4.11. The number of ether oxygens (including phenoxy) is 1. The maximum atomic E-state index is 13.6. The van der Waals surface area contributed by atoms with Crippen LogP contribution < -0.4 is 5.32 Å². The fourth-order valence-electron chi connectivity index (χ4n) is 1.76. The SMILES string of the molecule is CNC(CCC(C)OC)c1cccc(F)c1F. The molecule has 4 heteroatoms. The van der Waals surface area contributed by atoms with Crippen molar-refractivity contribution in [2.24, 2.45) is 0 Å². The molecule has 0 spiro atoms. The monoisotopic (exact) mass is 243 g/mol. The quantitative estimate of drug-likeness (QED) is 0.829. The molecule has 0 aliphatic carbocycles. The molecule has 0 amide bonds. The minimum absolute atomic E-state index is 0.113. The molecule has 0 aromatic heterocycles. The zero-order chi connectivity index (χ0) is 12.8. The lowest BCUT2D eigenvalue weighted by Gasteiger charge is -2.19. The second-order valence-corrected chi connectivity index (χ2v) is 4.11. The Balaban J connectivity index is 2.76. The van der Waals surface area contributed by atoms with Gasteiger partial charge in [-0.3, -0.25) is 0 Å². The van der Waals surface area contributed by atoms with Crippen molar-refractivity contribution in [3.63, 3.8) is 0 Å². The van der Waals surface area contributed by atoms with E-state index in [1.165, 1.54) is 6.07 Å². The summed E-state index contributed by atoms with van der Waals surface area (Å²) >= 11 is 0. The topological polar surface area (TPSA) is 21.3 Å². The molecule has 2 nitrogen and oxygen atoms in total. The standard InChI is InChI=1S/C13H19F2NO/c1-9(17-3)7-8-12(16-2)10-5-4-6-11(14)13(10)15/h4-6,9,12,16H,7-8H2,1-3H3. The summed E-state index contributed by atoms with van der Waals surface area (Å²) in [5.41, 5.74) is 0.371. The summed E-state index contributed by atoms with van der Waals surface area (Å²) in [6.07, 6.45) is 1.60. The summed E-state index contributed by atoms with van der Waals surface area (Å²) in [5.74, 6) is -1.57. The number of nitrogens with one attached hydrogen (secondary N) is 1. The highest BCUT2D eigenvalue weighted by atomic mass is 19.2. The summed E-state index contributed by atoms with van der Waals surface area (Å²) in [5, 5.41) is 3.00. The first-order valence-corrected chi connectivity index (χ1v) is 5.74. The van der Waals surface area contributed by atoms with Gasteiger partial charge < -0.3 is 10.1 Å². The molecule has 2 atom stereocenters. The molecule has 0 saturated carbocycles. The Bertz CT molecular complexity index is 357. The van der Waals surface area contributed by atoms with E-state index in [0.29, 0.717) is 12.0 Å². The van der Waals surface area contributed by atoms with Crippen molar-refractivity contribution in [3.8, 4) is 0 Å². The average Bonchev–Trinajstić information content (AvgIpc) is 2.34. The van der Waals surface area contributed by atoms with Gasteiger partial charge in [-0.05, 0) is 32.9 Å². The van der Waals surface area contributed by atoms with E-state index in [1.807, 2.05) is 6.92 Å². The van der Waals surface area contributed by atoms with E-state index in [1.54, 1.807) is 20.2 Å². The highest BCUT2D eigenvalue weighted by molar-refractivity contribution is 5.22. The number of rotatable bonds is 6. The lowest BCUT2D eigenvalue weighted by atomic mass is 10.00. The Kier molecular flexibility index (Phi) is 5.51. The van der Waals surface area contributed by atoms with Gasteiger partial charge in [-0.15, -0.1) is 0 Å². The molecule has 96 valence electrons. The van der Waals surface area contributed by atoms with Crippen LogP contribution in [0.4, 0.5) is 8.78 Å². The van der Waals surface area contributed by atoms with Crippen LogP contribution >= 0.6 is 0 Å². The molecule has 0 aliphatic heterocycles. The van der Waals surface area contributed by atoms with Gasteiger partial charge in [0.05, 0.1) is 6.10 Å². The van der Waals surface area contributed by atoms with Crippen LogP contribution in [-0.2, 0) is 4.74 Å². The third-order valence-corrected chi connectivity index (χ3v) is 2.97. The number of hydrogen-bond donors (Lipinski definition) is 1. The molecule has 0 aliphatic rings. The fourth-order valence-corrected chi connectivity index (χ4v) is 1.76. The van der Waals surface area contributed by atoms with Crippen molar-refractivity contribution in [2.75, 3.05) is 14.2 Å². The van der Waals surface area contributed by atoms with Gasteiger partial charge in [-0.25, -0.2) is 8.78 Å². The fraction of sp³-hybridized carbons (Fsp3) is 0.538. The highest BCUT2D eigenvalue weighted by Gasteiger charge is 2.17. The first-order chi connectivity index (χ1) is 8.10. The van der Waals surface area contributed by atoms with Gasteiger partial charge in [-0.1, -0.05) is 12.1 Å². The Labute approximate surface area is 101 Å². The van der Waals surface area contributed by atoms with Gasteiger partial charge in [-0.2, -0.15) is 0 Å². The molecule has 1 N–H and O–H groups in total. The molecule has 0 saturated heterocycles. The second kappa shape index (κ2) is 6.67. The average molecular weight is 243 g/mol. The lowest BCUT2D eigenvalue weighted by molar-refractivity contribution is 0.106. The summed E-state index contributed by atoms with van der Waals surface area (Å²) < 4.78 is 31.9. The first kappa shape index (κ1) is 14.1. The summed E-state index contributed by atoms with van der Waals surface area (Å²) in [6, 6.07) is 4.07. The van der Waals surface area contributed by atoms with E-state index >= 15 is 0 Å². The summed E-state index contributed by atoms with van der Waals surface area (Å²) in [4.78, 5) is 0. The van der Waals surface area contributed by atoms with Crippen LogP contribution in [0.25, 0.3) is 0 Å². The van der Waals surface area contributed by atoms with Crippen molar-refractivity contribution < 1.29 is 13.5 Å². The van der Waals surface area contributed by atoms with Crippen LogP contribution in [0.3, 0.4) is 0 Å². The molecule has 0 heterocycles. The smallest absolute Gasteiger partial charge is 0.163 e. The van der Waals surface area contributed by atoms with Crippen LogP contribution in [-0.4, -0.2) is 20.3 Å². The Morgan fingerprint density at radius 3 is 2.59 bits per heavy atom. The number of halogens is 2. The van der Waals surface area contributed by atoms with Gasteiger partial charge in [0.25, 0.3) is 0 Å². The lowest BCUT2D eigenvalue weighted by Crippen LogP contribution is -2.20. The number of methoxy groups -OCH3 is 1. The molecule has 1 aromatic rings. The number of hydrogen-bond acceptors (Lipinski definition) is 2. The molecule has 0 fully saturated rings. The third kappa shape index (κ3) is 3.75. The van der Waals surface area contributed by atoms with E-state index in [9.17, 15) is 8.78 Å². The summed E-state index contributed by atoms with van der Waals surface area (Å²) in [6.45, 7) is 1.95. The summed E-state index contributed by atoms with van der Waals surface area (Å²) in [7, 11) is 3.38. The molecule has 0 radical (unpaired) electrons. The van der Waals surface area contributed by atoms with Crippen LogP contribution in [0, 0.1) is 11.6 Å².